The van der Waals surface area contributed by atoms with E-state index in [0.29, 0.717) is 25.9 Å². The van der Waals surface area contributed by atoms with Crippen LogP contribution in [-0.4, -0.2) is 60.6 Å². The van der Waals surface area contributed by atoms with Gasteiger partial charge in [-0.05, 0) is 43.9 Å². The molecule has 1 aromatic rings. The molecule has 3 fully saturated rings. The van der Waals surface area contributed by atoms with Gasteiger partial charge in [-0.2, -0.15) is 4.31 Å². The summed E-state index contributed by atoms with van der Waals surface area (Å²) >= 11 is 6.17. The van der Waals surface area contributed by atoms with E-state index in [0.717, 1.165) is 37.0 Å². The van der Waals surface area contributed by atoms with Crippen molar-refractivity contribution in [2.75, 3.05) is 25.0 Å². The van der Waals surface area contributed by atoms with Crippen molar-refractivity contribution >= 4 is 45.2 Å². The van der Waals surface area contributed by atoms with Crippen LogP contribution in [0.2, 0.25) is 5.02 Å². The monoisotopic (exact) mass is 468 g/mol. The second kappa shape index (κ2) is 8.40. The van der Waals surface area contributed by atoms with Crippen molar-refractivity contribution in [3.05, 3.63) is 23.2 Å². The molecule has 1 saturated carbocycles. The molecule has 2 N–H and O–H groups in total. The normalized spacial score (nSPS) is 21.5. The first-order valence-electron chi connectivity index (χ1n) is 10.5. The van der Waals surface area contributed by atoms with Gasteiger partial charge in [-0.15, -0.1) is 0 Å². The number of sulfonamides is 1. The van der Waals surface area contributed by atoms with Gasteiger partial charge in [0.25, 0.3) is 5.91 Å². The Kier molecular flexibility index (Phi) is 5.97. The maximum absolute atomic E-state index is 12.9. The fourth-order valence-electron chi connectivity index (χ4n) is 4.49. The fraction of sp³-hybridized carbons (Fsp3) is 0.550. The van der Waals surface area contributed by atoms with E-state index in [1.165, 1.54) is 22.5 Å². The third-order valence-corrected chi connectivity index (χ3v) is 8.39. The van der Waals surface area contributed by atoms with Crippen molar-refractivity contribution < 1.29 is 22.8 Å². The third-order valence-electron chi connectivity index (χ3n) is 6.17. The molecule has 1 spiro atoms. The SMILES string of the molecule is O=C(CN1C(=O)NC2(CCCC2)C1=O)Nc1cc(S(=O)(=O)N2CCCCC2)ccc1Cl. The number of anilines is 1. The largest absolute Gasteiger partial charge is 0.325 e. The lowest BCUT2D eigenvalue weighted by Gasteiger charge is -2.26. The predicted octanol–water partition coefficient (Wildman–Crippen LogP) is 2.32. The Morgan fingerprint density at radius 3 is 2.45 bits per heavy atom. The van der Waals surface area contributed by atoms with E-state index >= 15 is 0 Å². The van der Waals surface area contributed by atoms with Gasteiger partial charge in [-0.3, -0.25) is 14.5 Å². The van der Waals surface area contributed by atoms with Crippen molar-refractivity contribution in [3.8, 4) is 0 Å². The molecule has 1 aromatic carbocycles. The molecule has 31 heavy (non-hydrogen) atoms. The maximum Gasteiger partial charge on any atom is 0.325 e. The van der Waals surface area contributed by atoms with Crippen LogP contribution < -0.4 is 10.6 Å². The number of piperidine rings is 1. The molecule has 4 amide bonds. The van der Waals surface area contributed by atoms with E-state index in [4.69, 9.17) is 11.6 Å². The predicted molar refractivity (Wildman–Crippen MR) is 114 cm³/mol. The molecule has 0 unspecified atom stereocenters. The van der Waals surface area contributed by atoms with Crippen LogP contribution in [-0.2, 0) is 19.6 Å². The highest BCUT2D eigenvalue weighted by molar-refractivity contribution is 7.89. The Balaban J connectivity index is 1.48. The molecule has 3 aliphatic rings. The lowest BCUT2D eigenvalue weighted by molar-refractivity contribution is -0.133. The van der Waals surface area contributed by atoms with Gasteiger partial charge >= 0.3 is 6.03 Å². The van der Waals surface area contributed by atoms with Gasteiger partial charge in [0.2, 0.25) is 15.9 Å². The molecule has 4 rings (SSSR count). The lowest BCUT2D eigenvalue weighted by atomic mass is 9.98. The Bertz CT molecular complexity index is 1020. The van der Waals surface area contributed by atoms with E-state index in [1.54, 1.807) is 0 Å². The van der Waals surface area contributed by atoms with Gasteiger partial charge < -0.3 is 10.6 Å². The second-order valence-electron chi connectivity index (χ2n) is 8.27. The number of carbonyl (C=O) groups is 3. The van der Waals surface area contributed by atoms with E-state index in [9.17, 15) is 22.8 Å². The smallest absolute Gasteiger partial charge is 0.323 e. The summed E-state index contributed by atoms with van der Waals surface area (Å²) in [6.45, 7) is 0.451. The Morgan fingerprint density at radius 2 is 1.77 bits per heavy atom. The maximum atomic E-state index is 12.9. The van der Waals surface area contributed by atoms with E-state index in [-0.39, 0.29) is 15.6 Å². The summed E-state index contributed by atoms with van der Waals surface area (Å²) in [6.07, 6.45) is 5.45. The quantitative estimate of drug-likeness (QED) is 0.643. The zero-order chi connectivity index (χ0) is 22.2. The molecule has 0 atom stereocenters. The van der Waals surface area contributed by atoms with Crippen molar-refractivity contribution in [2.45, 2.75) is 55.4 Å². The first-order valence-corrected chi connectivity index (χ1v) is 12.3. The highest BCUT2D eigenvalue weighted by Gasteiger charge is 2.52. The zero-order valence-electron chi connectivity index (χ0n) is 17.0. The first kappa shape index (κ1) is 22.0. The minimum atomic E-state index is -3.70. The average Bonchev–Trinajstić information content (AvgIpc) is 3.31. The van der Waals surface area contributed by atoms with Gasteiger partial charge in [0.1, 0.15) is 12.1 Å². The molecule has 11 heteroatoms. The van der Waals surface area contributed by atoms with Crippen molar-refractivity contribution in [3.63, 3.8) is 0 Å². The second-order valence-corrected chi connectivity index (χ2v) is 10.6. The molecule has 1 aliphatic carbocycles. The van der Waals surface area contributed by atoms with Crippen molar-refractivity contribution in [1.29, 1.82) is 0 Å². The molecular weight excluding hydrogens is 444 g/mol. The van der Waals surface area contributed by atoms with Crippen LogP contribution >= 0.6 is 11.6 Å². The van der Waals surface area contributed by atoms with Gasteiger partial charge in [-0.25, -0.2) is 13.2 Å². The molecule has 9 nitrogen and oxygen atoms in total. The number of amides is 4. The minimum absolute atomic E-state index is 0.0361. The van der Waals surface area contributed by atoms with Crippen LogP contribution in [0.1, 0.15) is 44.9 Å². The third kappa shape index (κ3) is 4.16. The Labute approximate surface area is 186 Å². The van der Waals surface area contributed by atoms with Crippen LogP contribution in [0.4, 0.5) is 10.5 Å². The summed E-state index contributed by atoms with van der Waals surface area (Å²) in [7, 11) is -3.70. The molecular formula is C20H25ClN4O5S. The molecule has 0 aromatic heterocycles. The number of imide groups is 1. The number of nitrogens with zero attached hydrogens (tertiary/aromatic N) is 2. The summed E-state index contributed by atoms with van der Waals surface area (Å²) in [6, 6.07) is 3.54. The molecule has 0 radical (unpaired) electrons. The van der Waals surface area contributed by atoms with Crippen LogP contribution in [0.15, 0.2) is 23.1 Å². The summed E-state index contributed by atoms with van der Waals surface area (Å²) < 4.78 is 27.2. The highest BCUT2D eigenvalue weighted by atomic mass is 35.5. The summed E-state index contributed by atoms with van der Waals surface area (Å²) in [4.78, 5) is 38.5. The number of hydrogen-bond acceptors (Lipinski definition) is 5. The number of benzene rings is 1. The van der Waals surface area contributed by atoms with Gasteiger partial charge in [0.15, 0.2) is 0 Å². The van der Waals surface area contributed by atoms with E-state index in [2.05, 4.69) is 10.6 Å². The minimum Gasteiger partial charge on any atom is -0.323 e. The van der Waals surface area contributed by atoms with E-state index < -0.39 is 40.0 Å². The number of hydrogen-bond donors (Lipinski definition) is 2. The topological polar surface area (TPSA) is 116 Å². The molecule has 168 valence electrons. The van der Waals surface area contributed by atoms with Crippen molar-refractivity contribution in [1.82, 2.24) is 14.5 Å². The number of carbonyl (C=O) groups excluding carboxylic acids is 3. The Hall–Kier alpha value is -2.17. The number of nitrogens with one attached hydrogen (secondary N) is 2. The number of urea groups is 1. The van der Waals surface area contributed by atoms with Crippen molar-refractivity contribution in [2.24, 2.45) is 0 Å². The van der Waals surface area contributed by atoms with Crippen LogP contribution in [0.5, 0.6) is 0 Å². The van der Waals surface area contributed by atoms with Gasteiger partial charge in [-0.1, -0.05) is 30.9 Å². The lowest BCUT2D eigenvalue weighted by Crippen LogP contribution is -2.44. The zero-order valence-corrected chi connectivity index (χ0v) is 18.6. The van der Waals surface area contributed by atoms with Gasteiger partial charge in [0, 0.05) is 13.1 Å². The molecule has 2 aliphatic heterocycles. The highest BCUT2D eigenvalue weighted by Crippen LogP contribution is 2.35. The van der Waals surface area contributed by atoms with E-state index in [1.807, 2.05) is 0 Å². The average molecular weight is 469 g/mol. The molecule has 2 heterocycles. The number of halogens is 1. The number of rotatable bonds is 5. The molecule has 0 bridgehead atoms. The van der Waals surface area contributed by atoms with Crippen LogP contribution in [0.25, 0.3) is 0 Å². The first-order chi connectivity index (χ1) is 14.7. The Morgan fingerprint density at radius 1 is 1.10 bits per heavy atom. The van der Waals surface area contributed by atoms with Crippen LogP contribution in [0.3, 0.4) is 0 Å². The van der Waals surface area contributed by atoms with Gasteiger partial charge in [0.05, 0.1) is 15.6 Å². The summed E-state index contributed by atoms with van der Waals surface area (Å²) in [5.74, 6) is -1.02. The summed E-state index contributed by atoms with van der Waals surface area (Å²) in [5, 5.41) is 5.43. The summed E-state index contributed by atoms with van der Waals surface area (Å²) in [5.41, 5.74) is -0.773. The fourth-order valence-corrected chi connectivity index (χ4v) is 6.19. The standard InChI is InChI=1S/C20H25ClN4O5S/c21-15-7-6-14(31(29,30)24-10-4-1-5-11-24)12-16(15)22-17(26)13-25-18(27)20(23-19(25)28)8-2-3-9-20/h6-7,12H,1-5,8-11,13H2,(H,22,26)(H,23,28). The molecule has 2 saturated heterocycles. The van der Waals surface area contributed by atoms with Crippen LogP contribution in [0, 0.1) is 0 Å².